The Kier molecular flexibility index (Phi) is 4.71. The Bertz CT molecular complexity index is 1250. The molecule has 4 aromatic rings. The van der Waals surface area contributed by atoms with E-state index in [0.717, 1.165) is 55.8 Å². The molecule has 0 bridgehead atoms. The van der Waals surface area contributed by atoms with E-state index in [2.05, 4.69) is 40.2 Å². The molecule has 1 aliphatic carbocycles. The normalized spacial score (nSPS) is 20.1. The average Bonchev–Trinajstić information content (AvgIpc) is 3.36. The first-order chi connectivity index (χ1) is 14.8. The molecule has 0 radical (unpaired) electrons. The van der Waals surface area contributed by atoms with Crippen LogP contribution < -0.4 is 5.56 Å². The Morgan fingerprint density at radius 3 is 2.90 bits per heavy atom. The van der Waals surface area contributed by atoms with Crippen LogP contribution in [0.3, 0.4) is 0 Å². The van der Waals surface area contributed by atoms with Crippen molar-refractivity contribution in [2.24, 2.45) is 0 Å². The van der Waals surface area contributed by atoms with Crippen molar-refractivity contribution < 1.29 is 4.74 Å². The molecule has 1 aliphatic heterocycles. The first kappa shape index (κ1) is 18.7. The van der Waals surface area contributed by atoms with E-state index in [1.165, 1.54) is 25.4 Å². The number of nitrogens with zero attached hydrogens (tertiary/aromatic N) is 3. The Balaban J connectivity index is 1.32. The summed E-state index contributed by atoms with van der Waals surface area (Å²) >= 11 is 3.47. The third kappa shape index (κ3) is 3.21. The zero-order chi connectivity index (χ0) is 20.1. The van der Waals surface area contributed by atoms with Crippen molar-refractivity contribution in [3.63, 3.8) is 0 Å². The van der Waals surface area contributed by atoms with Gasteiger partial charge in [-0.1, -0.05) is 18.2 Å². The topological polar surface area (TPSA) is 47.4 Å². The highest BCUT2D eigenvalue weighted by molar-refractivity contribution is 7.19. The van der Waals surface area contributed by atoms with Gasteiger partial charge in [0.2, 0.25) is 0 Å². The van der Waals surface area contributed by atoms with Crippen molar-refractivity contribution in [2.75, 3.05) is 26.3 Å². The molecule has 4 heterocycles. The number of fused-ring (bicyclic) bond motifs is 4. The van der Waals surface area contributed by atoms with Gasteiger partial charge in [-0.25, -0.2) is 4.98 Å². The molecular formula is C23H23N3O2S2. The third-order valence-corrected chi connectivity index (χ3v) is 8.64. The largest absolute Gasteiger partial charge is 0.379 e. The van der Waals surface area contributed by atoms with Crippen molar-refractivity contribution in [2.45, 2.75) is 31.8 Å². The predicted molar refractivity (Wildman–Crippen MR) is 123 cm³/mol. The number of rotatable bonds is 3. The molecule has 1 saturated heterocycles. The van der Waals surface area contributed by atoms with Crippen molar-refractivity contribution in [1.82, 2.24) is 14.5 Å². The maximum atomic E-state index is 13.4. The van der Waals surface area contributed by atoms with Crippen molar-refractivity contribution in [1.29, 1.82) is 0 Å². The van der Waals surface area contributed by atoms with Gasteiger partial charge in [0.25, 0.3) is 5.56 Å². The van der Waals surface area contributed by atoms with E-state index in [1.807, 2.05) is 0 Å². The van der Waals surface area contributed by atoms with Crippen LogP contribution in [-0.2, 0) is 24.1 Å². The number of thiophene rings is 2. The summed E-state index contributed by atoms with van der Waals surface area (Å²) < 4.78 is 8.56. The van der Waals surface area contributed by atoms with E-state index in [-0.39, 0.29) is 5.56 Å². The first-order valence-electron chi connectivity index (χ1n) is 10.6. The number of benzene rings is 1. The lowest BCUT2D eigenvalue weighted by Gasteiger charge is -2.36. The SMILES string of the molecule is O=c1c2c3c(sc2ncn1Cc1cc2ccccc2s1)CC(N1CCOCC1)CC3. The second kappa shape index (κ2) is 7.57. The molecule has 154 valence electrons. The Hall–Kier alpha value is -2.06. The number of aromatic nitrogens is 2. The van der Waals surface area contributed by atoms with Crippen LogP contribution in [0.15, 0.2) is 41.5 Å². The minimum Gasteiger partial charge on any atom is -0.379 e. The molecule has 1 atom stereocenters. The number of morpholine rings is 1. The highest BCUT2D eigenvalue weighted by Gasteiger charge is 2.29. The Labute approximate surface area is 182 Å². The number of hydrogen-bond donors (Lipinski definition) is 0. The van der Waals surface area contributed by atoms with Gasteiger partial charge in [0.05, 0.1) is 31.5 Å². The molecule has 5 nitrogen and oxygen atoms in total. The molecule has 1 unspecified atom stereocenters. The van der Waals surface area contributed by atoms with Gasteiger partial charge < -0.3 is 4.74 Å². The highest BCUT2D eigenvalue weighted by Crippen LogP contribution is 2.35. The van der Waals surface area contributed by atoms with Gasteiger partial charge in [0, 0.05) is 33.6 Å². The zero-order valence-corrected chi connectivity index (χ0v) is 18.3. The molecule has 1 aromatic carbocycles. The molecule has 6 rings (SSSR count). The van der Waals surface area contributed by atoms with E-state index < -0.39 is 0 Å². The molecule has 0 saturated carbocycles. The fraction of sp³-hybridized carbons (Fsp3) is 0.391. The fourth-order valence-electron chi connectivity index (χ4n) is 4.83. The van der Waals surface area contributed by atoms with E-state index in [1.54, 1.807) is 33.6 Å². The molecule has 3 aromatic heterocycles. The molecule has 0 spiro atoms. The Morgan fingerprint density at radius 1 is 1.17 bits per heavy atom. The van der Waals surface area contributed by atoms with E-state index in [4.69, 9.17) is 4.74 Å². The lowest BCUT2D eigenvalue weighted by atomic mass is 9.92. The van der Waals surface area contributed by atoms with Crippen LogP contribution in [-0.4, -0.2) is 46.8 Å². The highest BCUT2D eigenvalue weighted by atomic mass is 32.1. The van der Waals surface area contributed by atoms with E-state index >= 15 is 0 Å². The summed E-state index contributed by atoms with van der Waals surface area (Å²) in [4.78, 5) is 24.1. The van der Waals surface area contributed by atoms with Gasteiger partial charge in [-0.05, 0) is 42.3 Å². The number of aryl methyl sites for hydroxylation is 1. The average molecular weight is 438 g/mol. The lowest BCUT2D eigenvalue weighted by molar-refractivity contribution is 0.0140. The molecule has 30 heavy (non-hydrogen) atoms. The standard InChI is InChI=1S/C23H23N3O2S2/c27-23-21-18-6-5-16(25-7-9-28-10-8-25)12-20(18)30-22(21)24-14-26(23)13-17-11-15-3-1-2-4-19(15)29-17/h1-4,11,14,16H,5-10,12-13H2. The monoisotopic (exact) mass is 437 g/mol. The minimum atomic E-state index is 0.111. The summed E-state index contributed by atoms with van der Waals surface area (Å²) in [5.41, 5.74) is 1.36. The van der Waals surface area contributed by atoms with Crippen LogP contribution in [0.5, 0.6) is 0 Å². The lowest BCUT2D eigenvalue weighted by Crippen LogP contribution is -2.45. The third-order valence-electron chi connectivity index (χ3n) is 6.37. The second-order valence-electron chi connectivity index (χ2n) is 8.16. The van der Waals surface area contributed by atoms with Gasteiger partial charge in [-0.15, -0.1) is 22.7 Å². The minimum absolute atomic E-state index is 0.111. The van der Waals surface area contributed by atoms with Crippen molar-refractivity contribution in [3.8, 4) is 0 Å². The first-order valence-corrected chi connectivity index (χ1v) is 12.2. The summed E-state index contributed by atoms with van der Waals surface area (Å²) in [5.74, 6) is 0. The van der Waals surface area contributed by atoms with Crippen LogP contribution >= 0.6 is 22.7 Å². The smallest absolute Gasteiger partial charge is 0.262 e. The van der Waals surface area contributed by atoms with E-state index in [9.17, 15) is 4.79 Å². The van der Waals surface area contributed by atoms with Crippen LogP contribution in [0, 0.1) is 0 Å². The van der Waals surface area contributed by atoms with Crippen LogP contribution in [0.25, 0.3) is 20.3 Å². The summed E-state index contributed by atoms with van der Waals surface area (Å²) in [5, 5.41) is 2.10. The van der Waals surface area contributed by atoms with Gasteiger partial charge in [-0.2, -0.15) is 0 Å². The molecule has 0 N–H and O–H groups in total. The maximum Gasteiger partial charge on any atom is 0.262 e. The second-order valence-corrected chi connectivity index (χ2v) is 10.4. The van der Waals surface area contributed by atoms with E-state index in [0.29, 0.717) is 12.6 Å². The zero-order valence-electron chi connectivity index (χ0n) is 16.7. The van der Waals surface area contributed by atoms with Gasteiger partial charge in [0.1, 0.15) is 4.83 Å². The molecular weight excluding hydrogens is 414 g/mol. The van der Waals surface area contributed by atoms with Gasteiger partial charge >= 0.3 is 0 Å². The molecule has 0 amide bonds. The molecule has 2 aliphatic rings. The fourth-order valence-corrected chi connectivity index (χ4v) is 7.15. The van der Waals surface area contributed by atoms with Crippen LogP contribution in [0.1, 0.15) is 21.7 Å². The summed E-state index contributed by atoms with van der Waals surface area (Å²) in [6.45, 7) is 4.29. The van der Waals surface area contributed by atoms with Crippen molar-refractivity contribution >= 4 is 43.0 Å². The quantitative estimate of drug-likeness (QED) is 0.488. The van der Waals surface area contributed by atoms with Gasteiger partial charge in [0.15, 0.2) is 0 Å². The summed E-state index contributed by atoms with van der Waals surface area (Å²) in [6, 6.07) is 11.1. The Morgan fingerprint density at radius 2 is 2.03 bits per heavy atom. The predicted octanol–water partition coefficient (Wildman–Crippen LogP) is 3.91. The summed E-state index contributed by atoms with van der Waals surface area (Å²) in [7, 11) is 0. The van der Waals surface area contributed by atoms with Crippen LogP contribution in [0.2, 0.25) is 0 Å². The molecule has 1 fully saturated rings. The molecule has 7 heteroatoms. The maximum absolute atomic E-state index is 13.4. The summed E-state index contributed by atoms with van der Waals surface area (Å²) in [6.07, 6.45) is 4.85. The van der Waals surface area contributed by atoms with Crippen molar-refractivity contribution in [3.05, 3.63) is 62.3 Å². The number of ether oxygens (including phenoxy) is 1. The number of hydrogen-bond acceptors (Lipinski definition) is 6. The van der Waals surface area contributed by atoms with Gasteiger partial charge in [-0.3, -0.25) is 14.3 Å². The van der Waals surface area contributed by atoms with Crippen LogP contribution in [0.4, 0.5) is 0 Å².